The lowest BCUT2D eigenvalue weighted by molar-refractivity contribution is -0.144. The average Bonchev–Trinajstić information content (AvgIpc) is 3.58. The molecule has 3 amide bonds. The largest absolute Gasteiger partial charge is 0.480 e. The van der Waals surface area contributed by atoms with Crippen molar-refractivity contribution in [3.05, 3.63) is 47.3 Å². The van der Waals surface area contributed by atoms with Crippen molar-refractivity contribution in [2.24, 2.45) is 5.92 Å². The van der Waals surface area contributed by atoms with E-state index in [-0.39, 0.29) is 30.0 Å². The van der Waals surface area contributed by atoms with Crippen molar-refractivity contribution in [2.45, 2.75) is 50.7 Å². The van der Waals surface area contributed by atoms with Crippen LogP contribution in [0.3, 0.4) is 0 Å². The van der Waals surface area contributed by atoms with E-state index in [9.17, 15) is 36.0 Å². The average molecular weight is 724 g/mol. The van der Waals surface area contributed by atoms with E-state index < -0.39 is 52.4 Å². The highest BCUT2D eigenvalue weighted by molar-refractivity contribution is 7.89. The Bertz CT molecular complexity index is 1650. The Labute approximate surface area is 287 Å². The number of alkyl halides is 3. The van der Waals surface area contributed by atoms with Crippen molar-refractivity contribution >= 4 is 39.6 Å². The summed E-state index contributed by atoms with van der Waals surface area (Å²) in [5.74, 6) is -3.06. The van der Waals surface area contributed by atoms with Gasteiger partial charge in [0.15, 0.2) is 0 Å². The molecule has 0 aliphatic carbocycles. The van der Waals surface area contributed by atoms with Crippen molar-refractivity contribution in [1.29, 1.82) is 5.26 Å². The summed E-state index contributed by atoms with van der Waals surface area (Å²) in [6, 6.07) is 9.28. The number of benzene rings is 1. The van der Waals surface area contributed by atoms with Gasteiger partial charge in [-0.25, -0.2) is 27.9 Å². The number of hydrogen-bond donors (Lipinski definition) is 5. The molecule has 1 atom stereocenters. The number of aliphatic carboxylic acids is 1. The van der Waals surface area contributed by atoms with Crippen LogP contribution < -0.4 is 30.5 Å². The minimum atomic E-state index is -4.80. The number of urea groups is 1. The molecule has 19 heteroatoms. The molecule has 3 heterocycles. The highest BCUT2D eigenvalue weighted by Crippen LogP contribution is 2.34. The second-order valence-corrected chi connectivity index (χ2v) is 14.0. The summed E-state index contributed by atoms with van der Waals surface area (Å²) in [6.45, 7) is 0.852. The first kappa shape index (κ1) is 38.1. The van der Waals surface area contributed by atoms with Gasteiger partial charge in [0, 0.05) is 45.3 Å². The molecule has 2 fully saturated rings. The quantitative estimate of drug-likeness (QED) is 0.178. The van der Waals surface area contributed by atoms with E-state index in [1.165, 1.54) is 6.07 Å². The maximum Gasteiger partial charge on any atom is 0.451 e. The number of nitriles is 1. The molecule has 2 aliphatic rings. The molecule has 1 aromatic heterocycles. The summed E-state index contributed by atoms with van der Waals surface area (Å²) in [5.41, 5.74) is 1.47. The summed E-state index contributed by atoms with van der Waals surface area (Å²) in [7, 11) is -3.85. The zero-order chi connectivity index (χ0) is 36.3. The predicted octanol–water partition coefficient (Wildman–Crippen LogP) is 1.60. The molecule has 2 aromatic rings. The number of carboxylic acid groups (broad SMARTS) is 1. The van der Waals surface area contributed by atoms with Crippen LogP contribution in [-0.2, 0) is 32.2 Å². The van der Waals surface area contributed by atoms with E-state index >= 15 is 0 Å². The zero-order valence-electron chi connectivity index (χ0n) is 27.2. The number of aromatic nitrogens is 2. The SMILES string of the molecule is N#Cc1ccc(CCNC(=O)[C@@H]2CCCN2c2cc(N3CCC(CCNC(=O)NCCS(=O)(=O)NCC(=O)O)CC3)nc(C(F)(F)F)n2)cc1. The fourth-order valence-electron chi connectivity index (χ4n) is 5.81. The number of nitrogens with one attached hydrogen (secondary N) is 4. The number of carboxylic acids is 1. The molecule has 15 nitrogen and oxygen atoms in total. The number of carbonyl (C=O) groups excluding carboxylic acids is 2. The van der Waals surface area contributed by atoms with E-state index in [1.54, 1.807) is 34.1 Å². The van der Waals surface area contributed by atoms with Gasteiger partial charge in [0.05, 0.1) is 17.4 Å². The second-order valence-electron chi connectivity index (χ2n) is 12.0. The van der Waals surface area contributed by atoms with Crippen molar-refractivity contribution in [2.75, 3.05) is 61.4 Å². The Balaban J connectivity index is 1.28. The van der Waals surface area contributed by atoms with Gasteiger partial charge < -0.3 is 30.9 Å². The molecule has 2 saturated heterocycles. The molecule has 272 valence electrons. The summed E-state index contributed by atoms with van der Waals surface area (Å²) in [6.07, 6.45) is -1.34. The fraction of sp³-hybridized carbons (Fsp3) is 0.548. The Morgan fingerprint density at radius 1 is 0.960 bits per heavy atom. The number of sulfonamides is 1. The lowest BCUT2D eigenvalue weighted by atomic mass is 9.93. The van der Waals surface area contributed by atoms with Crippen LogP contribution in [0.15, 0.2) is 30.3 Å². The van der Waals surface area contributed by atoms with Gasteiger partial charge in [-0.2, -0.15) is 18.4 Å². The number of anilines is 2. The number of hydrogen-bond acceptors (Lipinski definition) is 10. The molecule has 0 unspecified atom stereocenters. The molecular weight excluding hydrogens is 683 g/mol. The van der Waals surface area contributed by atoms with Gasteiger partial charge in [0.2, 0.25) is 21.8 Å². The standard InChI is InChI=1S/C31H40F3N9O6S/c32-31(33,34)29-40-25(42-15-9-22(10-16-42)8-12-37-30(47)38-13-17-50(48,49)39-20-27(44)45)18-26(41-29)43-14-1-2-24(43)28(46)36-11-7-21-3-5-23(19-35)6-4-21/h3-6,18,22,24,39H,1-2,7-17,20H2,(H,36,46)(H,44,45)(H2,37,38,47)/t24-/m0/s1. The first-order valence-electron chi connectivity index (χ1n) is 16.2. The van der Waals surface area contributed by atoms with Gasteiger partial charge in [-0.15, -0.1) is 0 Å². The second kappa shape index (κ2) is 17.3. The third kappa shape index (κ3) is 11.4. The Morgan fingerprint density at radius 2 is 1.64 bits per heavy atom. The van der Waals surface area contributed by atoms with Crippen LogP contribution in [-0.4, -0.2) is 99.0 Å². The van der Waals surface area contributed by atoms with E-state index in [0.717, 1.165) is 5.56 Å². The number of nitrogens with zero attached hydrogens (tertiary/aromatic N) is 5. The van der Waals surface area contributed by atoms with E-state index in [1.807, 2.05) is 4.72 Å². The number of rotatable bonds is 15. The van der Waals surface area contributed by atoms with Crippen molar-refractivity contribution in [3.63, 3.8) is 0 Å². The highest BCUT2D eigenvalue weighted by Gasteiger charge is 2.39. The number of piperidine rings is 1. The van der Waals surface area contributed by atoms with Gasteiger partial charge in [-0.1, -0.05) is 12.1 Å². The predicted molar refractivity (Wildman–Crippen MR) is 176 cm³/mol. The minimum absolute atomic E-state index is 0.0369. The van der Waals surface area contributed by atoms with Crippen LogP contribution in [0.25, 0.3) is 0 Å². The van der Waals surface area contributed by atoms with Gasteiger partial charge >= 0.3 is 18.2 Å². The summed E-state index contributed by atoms with van der Waals surface area (Å²) < 4.78 is 67.2. The topological polar surface area (TPSA) is 210 Å². The van der Waals surface area contributed by atoms with Crippen LogP contribution >= 0.6 is 0 Å². The smallest absolute Gasteiger partial charge is 0.451 e. The molecule has 0 saturated carbocycles. The van der Waals surface area contributed by atoms with Gasteiger partial charge in [-0.05, 0) is 62.1 Å². The fourth-order valence-corrected chi connectivity index (χ4v) is 6.67. The molecule has 1 aromatic carbocycles. The molecule has 0 bridgehead atoms. The van der Waals surface area contributed by atoms with Crippen LogP contribution in [0.2, 0.25) is 0 Å². The third-order valence-electron chi connectivity index (χ3n) is 8.47. The zero-order valence-corrected chi connectivity index (χ0v) is 28.0. The Hall–Kier alpha value is -4.70. The maximum atomic E-state index is 13.9. The lowest BCUT2D eigenvalue weighted by Crippen LogP contribution is -2.44. The van der Waals surface area contributed by atoms with E-state index in [2.05, 4.69) is 32.0 Å². The Morgan fingerprint density at radius 3 is 2.30 bits per heavy atom. The van der Waals surface area contributed by atoms with Crippen LogP contribution in [0, 0.1) is 17.2 Å². The summed E-state index contributed by atoms with van der Waals surface area (Å²) in [4.78, 5) is 46.7. The minimum Gasteiger partial charge on any atom is -0.480 e. The monoisotopic (exact) mass is 723 g/mol. The van der Waals surface area contributed by atoms with Crippen LogP contribution in [0.1, 0.15) is 49.1 Å². The lowest BCUT2D eigenvalue weighted by Gasteiger charge is -2.34. The normalized spacial score (nSPS) is 16.9. The van der Waals surface area contributed by atoms with Crippen molar-refractivity contribution < 1.29 is 41.1 Å². The first-order chi connectivity index (χ1) is 23.7. The van der Waals surface area contributed by atoms with Gasteiger partial charge in [0.1, 0.15) is 24.2 Å². The first-order valence-corrected chi connectivity index (χ1v) is 17.8. The molecule has 5 N–H and O–H groups in total. The molecule has 2 aliphatic heterocycles. The van der Waals surface area contributed by atoms with Gasteiger partial charge in [-0.3, -0.25) is 9.59 Å². The molecule has 4 rings (SSSR count). The Kier molecular flexibility index (Phi) is 13.2. The maximum absolute atomic E-state index is 13.9. The number of carbonyl (C=O) groups is 3. The summed E-state index contributed by atoms with van der Waals surface area (Å²) in [5, 5.41) is 25.4. The van der Waals surface area contributed by atoms with Gasteiger partial charge in [0.25, 0.3) is 0 Å². The molecule has 50 heavy (non-hydrogen) atoms. The summed E-state index contributed by atoms with van der Waals surface area (Å²) >= 11 is 0. The van der Waals surface area contributed by atoms with Crippen LogP contribution in [0.4, 0.5) is 29.6 Å². The molecular formula is C31H40F3N9O6S. The molecule has 0 spiro atoms. The number of halogens is 3. The van der Waals surface area contributed by atoms with Crippen molar-refractivity contribution in [3.8, 4) is 6.07 Å². The molecule has 0 radical (unpaired) electrons. The third-order valence-corrected chi connectivity index (χ3v) is 9.80. The van der Waals surface area contributed by atoms with Crippen LogP contribution in [0.5, 0.6) is 0 Å². The van der Waals surface area contributed by atoms with E-state index in [4.69, 9.17) is 10.4 Å². The number of amides is 3. The highest BCUT2D eigenvalue weighted by atomic mass is 32.2. The van der Waals surface area contributed by atoms with E-state index in [0.29, 0.717) is 76.8 Å². The van der Waals surface area contributed by atoms with Crippen molar-refractivity contribution in [1.82, 2.24) is 30.6 Å².